The molecule has 4 unspecified atom stereocenters. The van der Waals surface area contributed by atoms with Crippen molar-refractivity contribution in [2.75, 3.05) is 26.4 Å². The number of amides is 2. The number of carbonyl (C=O) groups is 3. The third-order valence-corrected chi connectivity index (χ3v) is 16.2. The summed E-state index contributed by atoms with van der Waals surface area (Å²) in [6, 6.07) is -2.66. The van der Waals surface area contributed by atoms with Gasteiger partial charge in [-0.25, -0.2) is 4.79 Å². The molecule has 0 spiro atoms. The van der Waals surface area contributed by atoms with Gasteiger partial charge in [-0.1, -0.05) is 167 Å². The molecule has 3 aliphatic rings. The van der Waals surface area contributed by atoms with E-state index in [9.17, 15) is 80.8 Å². The lowest BCUT2D eigenvalue weighted by Gasteiger charge is -2.53. The van der Waals surface area contributed by atoms with Crippen molar-refractivity contribution in [1.29, 1.82) is 0 Å². The maximum absolute atomic E-state index is 13.3. The van der Waals surface area contributed by atoms with Gasteiger partial charge in [0.15, 0.2) is 18.2 Å². The molecule has 474 valence electrons. The summed E-state index contributed by atoms with van der Waals surface area (Å²) in [5, 5.41) is 148. The number of nitrogens with one attached hydrogen (secondary N) is 2. The van der Waals surface area contributed by atoms with E-state index in [0.717, 1.165) is 51.9 Å². The van der Waals surface area contributed by atoms with E-state index in [1.54, 1.807) is 6.08 Å². The van der Waals surface area contributed by atoms with Gasteiger partial charge in [0, 0.05) is 25.7 Å². The van der Waals surface area contributed by atoms with Gasteiger partial charge in [-0.15, -0.1) is 0 Å². The highest BCUT2D eigenvalue weighted by Crippen LogP contribution is 2.42. The molecule has 81 heavy (non-hydrogen) atoms. The monoisotopic (exact) mass is 1170 g/mol. The van der Waals surface area contributed by atoms with Crippen LogP contribution in [0.25, 0.3) is 0 Å². The zero-order chi connectivity index (χ0) is 59.9. The molecule has 23 nitrogen and oxygen atoms in total. The number of carboxylic acids is 1. The van der Waals surface area contributed by atoms with Crippen molar-refractivity contribution in [3.63, 3.8) is 0 Å². The van der Waals surface area contributed by atoms with E-state index in [1.165, 1.54) is 103 Å². The molecule has 0 aromatic heterocycles. The van der Waals surface area contributed by atoms with Gasteiger partial charge in [0.2, 0.25) is 11.8 Å². The molecule has 3 aliphatic heterocycles. The first-order valence-electron chi connectivity index (χ1n) is 30.5. The van der Waals surface area contributed by atoms with Crippen LogP contribution in [0.15, 0.2) is 12.2 Å². The Bertz CT molecular complexity index is 1740. The second-order valence-electron chi connectivity index (χ2n) is 22.8. The lowest BCUT2D eigenvalue weighted by molar-refractivity contribution is -0.364. The maximum Gasteiger partial charge on any atom is 0.338 e. The molecule has 3 rings (SSSR count). The SMILES string of the molecule is CCCCCCCCCCCCC/C=C/[C@H](O)[C@@H](CO[C@@H]1O[C@H](CO)[C@@H](O[C@@H]2O[C@H](CO)[C@H](O)[C@H](C(O)[C@]3(C(=O)O)C[C@H](O)[C@@H](NC(C)=O)C(C(O)C(O)CO)O3)[C@H]2O)[C@H](O)[C@H]1O)NC(=O)CCCCCCCCCCCCCCC. The number of hydrogen-bond acceptors (Lipinski definition) is 20. The standard InChI is InChI=1S/C58H106N2O21/c1-4-6-8-10-12-14-16-18-20-22-24-26-28-30-39(65)38(60-44(68)31-29-27-25-23-21-19-17-15-13-11-9-7-5-2)36-77-55-51(73)50(72)52(43(35-63)79-55)80-56-49(71)45(48(70)42(34-62)78-56)54(74)58(57(75)76)32-40(66)46(59-37(3)64)53(81-58)47(69)41(67)33-61/h28,30,38-43,45-56,61-63,65-67,69-74H,4-27,29,31-36H2,1-3H3,(H,59,64)(H,60,68)(H,75,76)/b30-28+/t38-,39+,40+,41?,42-,43-,45+,46-,47?,48+,49-,50-,51-,52-,53?,54?,55-,56+,58+/m1/s1. The molecule has 15 N–H and O–H groups in total. The molecule has 0 aliphatic carbocycles. The molecule has 19 atom stereocenters. The van der Waals surface area contributed by atoms with E-state index >= 15 is 0 Å². The van der Waals surface area contributed by atoms with Crippen LogP contribution in [0.4, 0.5) is 0 Å². The molecule has 3 heterocycles. The summed E-state index contributed by atoms with van der Waals surface area (Å²) in [5.41, 5.74) is -3.06. The van der Waals surface area contributed by atoms with Crippen molar-refractivity contribution in [3.05, 3.63) is 12.2 Å². The fourth-order valence-electron chi connectivity index (χ4n) is 11.2. The number of hydrogen-bond donors (Lipinski definition) is 15. The summed E-state index contributed by atoms with van der Waals surface area (Å²) in [4.78, 5) is 38.6. The summed E-state index contributed by atoms with van der Waals surface area (Å²) in [6.45, 7) is 1.97. The molecule has 3 saturated heterocycles. The fourth-order valence-corrected chi connectivity index (χ4v) is 11.2. The second-order valence-corrected chi connectivity index (χ2v) is 22.8. The minimum absolute atomic E-state index is 0.196. The van der Waals surface area contributed by atoms with Crippen molar-refractivity contribution in [2.45, 2.75) is 304 Å². The normalized spacial score (nSPS) is 30.9. The smallest absolute Gasteiger partial charge is 0.338 e. The van der Waals surface area contributed by atoms with Crippen molar-refractivity contribution >= 4 is 17.8 Å². The minimum atomic E-state index is -3.06. The van der Waals surface area contributed by atoms with Crippen LogP contribution < -0.4 is 10.6 Å². The van der Waals surface area contributed by atoms with Gasteiger partial charge >= 0.3 is 5.97 Å². The summed E-state index contributed by atoms with van der Waals surface area (Å²) in [5.74, 6) is -5.25. The second kappa shape index (κ2) is 40.0. The van der Waals surface area contributed by atoms with E-state index in [4.69, 9.17) is 23.7 Å². The Morgan fingerprint density at radius 1 is 0.654 bits per heavy atom. The van der Waals surface area contributed by atoms with Crippen LogP contribution in [0.2, 0.25) is 0 Å². The lowest BCUT2D eigenvalue weighted by Crippen LogP contribution is -2.73. The summed E-state index contributed by atoms with van der Waals surface area (Å²) in [6.07, 6.45) is 1.70. The van der Waals surface area contributed by atoms with Crippen molar-refractivity contribution in [3.8, 4) is 0 Å². The number of carboxylic acid groups (broad SMARTS) is 1. The van der Waals surface area contributed by atoms with Gasteiger partial charge in [0.25, 0.3) is 0 Å². The lowest BCUT2D eigenvalue weighted by atomic mass is 9.72. The van der Waals surface area contributed by atoms with E-state index in [0.29, 0.717) is 12.8 Å². The van der Waals surface area contributed by atoms with Crippen LogP contribution in [0.1, 0.15) is 194 Å². The Balaban J connectivity index is 1.71. The van der Waals surface area contributed by atoms with E-state index < -0.39 is 160 Å². The van der Waals surface area contributed by atoms with Gasteiger partial charge in [0.05, 0.1) is 56.8 Å². The van der Waals surface area contributed by atoms with E-state index in [2.05, 4.69) is 24.5 Å². The van der Waals surface area contributed by atoms with Crippen LogP contribution in [-0.4, -0.2) is 220 Å². The number of aliphatic hydroxyl groups is 12. The van der Waals surface area contributed by atoms with Gasteiger partial charge in [-0.2, -0.15) is 0 Å². The first-order valence-corrected chi connectivity index (χ1v) is 30.5. The average molecular weight is 1170 g/mol. The molecule has 3 fully saturated rings. The minimum Gasteiger partial charge on any atom is -0.479 e. The molecular formula is C58H106N2O21. The Kier molecular flexibility index (Phi) is 35.9. The molecule has 0 saturated carbocycles. The molecule has 0 aromatic rings. The van der Waals surface area contributed by atoms with Crippen LogP contribution in [0.3, 0.4) is 0 Å². The number of ether oxygens (including phenoxy) is 5. The molecule has 0 bridgehead atoms. The third kappa shape index (κ3) is 23.7. The van der Waals surface area contributed by atoms with E-state index in [-0.39, 0.29) is 12.3 Å². The number of unbranched alkanes of at least 4 members (excludes halogenated alkanes) is 23. The first kappa shape index (κ1) is 72.7. The first-order chi connectivity index (χ1) is 38.8. The van der Waals surface area contributed by atoms with Crippen molar-refractivity contribution in [1.82, 2.24) is 10.6 Å². The quantitative estimate of drug-likeness (QED) is 0.0307. The number of carbonyl (C=O) groups excluding carboxylic acids is 2. The number of rotatable bonds is 43. The zero-order valence-electron chi connectivity index (χ0n) is 48.5. The Hall–Kier alpha value is -2.53. The highest BCUT2D eigenvalue weighted by atomic mass is 16.7. The van der Waals surface area contributed by atoms with Crippen LogP contribution >= 0.6 is 0 Å². The van der Waals surface area contributed by atoms with Gasteiger partial charge in [-0.05, 0) is 19.3 Å². The van der Waals surface area contributed by atoms with Gasteiger partial charge in [0.1, 0.15) is 61.0 Å². The number of allylic oxidation sites excluding steroid dienone is 1. The fraction of sp³-hybridized carbons (Fsp3) is 0.914. The van der Waals surface area contributed by atoms with Crippen molar-refractivity contribution in [2.24, 2.45) is 5.92 Å². The highest BCUT2D eigenvalue weighted by Gasteiger charge is 2.63. The Morgan fingerprint density at radius 3 is 1.65 bits per heavy atom. The van der Waals surface area contributed by atoms with Gasteiger partial charge < -0.3 is 101 Å². The zero-order valence-corrected chi connectivity index (χ0v) is 48.5. The predicted molar refractivity (Wildman–Crippen MR) is 297 cm³/mol. The maximum atomic E-state index is 13.3. The Labute approximate surface area is 479 Å². The molecule has 23 heteroatoms. The number of aliphatic carboxylic acids is 1. The summed E-state index contributed by atoms with van der Waals surface area (Å²) >= 11 is 0. The Morgan fingerprint density at radius 2 is 1.16 bits per heavy atom. The molecular weight excluding hydrogens is 1060 g/mol. The van der Waals surface area contributed by atoms with Crippen LogP contribution in [0.5, 0.6) is 0 Å². The molecule has 0 radical (unpaired) electrons. The highest BCUT2D eigenvalue weighted by molar-refractivity contribution is 5.79. The number of aliphatic hydroxyl groups excluding tert-OH is 12. The molecule has 2 amide bonds. The van der Waals surface area contributed by atoms with Gasteiger partial charge in [-0.3, -0.25) is 9.59 Å². The summed E-state index contributed by atoms with van der Waals surface area (Å²) < 4.78 is 29.0. The molecule has 0 aromatic carbocycles. The third-order valence-electron chi connectivity index (χ3n) is 16.2. The van der Waals surface area contributed by atoms with E-state index in [1.807, 2.05) is 6.08 Å². The van der Waals surface area contributed by atoms with Crippen LogP contribution in [0, 0.1) is 5.92 Å². The topological polar surface area (TPSA) is 384 Å². The average Bonchev–Trinajstić information content (AvgIpc) is 3.50. The van der Waals surface area contributed by atoms with Crippen LogP contribution in [-0.2, 0) is 38.1 Å². The van der Waals surface area contributed by atoms with Crippen molar-refractivity contribution < 1.29 is 104 Å². The largest absolute Gasteiger partial charge is 0.479 e. The predicted octanol–water partition coefficient (Wildman–Crippen LogP) is 2.02. The summed E-state index contributed by atoms with van der Waals surface area (Å²) in [7, 11) is 0.